The number of hydrogen-bond donors (Lipinski definition) is 1. The lowest BCUT2D eigenvalue weighted by Crippen LogP contribution is -2.29. The van der Waals surface area contributed by atoms with Crippen LogP contribution in [0.1, 0.15) is 22.7 Å². The predicted molar refractivity (Wildman–Crippen MR) is 134 cm³/mol. The number of halogens is 3. The fourth-order valence-electron chi connectivity index (χ4n) is 4.16. The summed E-state index contributed by atoms with van der Waals surface area (Å²) in [6.07, 6.45) is 0. The van der Waals surface area contributed by atoms with Crippen molar-refractivity contribution in [1.82, 2.24) is 4.98 Å². The third kappa shape index (κ3) is 3.90. The highest BCUT2D eigenvalue weighted by atomic mass is 35.5. The SMILES string of the molecule is COc1cc(/C(O)=C2\C(=O)C(=O)N(c3nc4cc(F)c(F)cc4s3)C2c2cccc(C)c2)ccc1Cl. The summed E-state index contributed by atoms with van der Waals surface area (Å²) in [5.41, 5.74) is 1.61. The van der Waals surface area contributed by atoms with E-state index >= 15 is 0 Å². The molecule has 1 fully saturated rings. The maximum absolute atomic E-state index is 13.8. The summed E-state index contributed by atoms with van der Waals surface area (Å²) in [5.74, 6) is -4.12. The predicted octanol–water partition coefficient (Wildman–Crippen LogP) is 6.17. The number of carbonyl (C=O) groups is 2. The molecule has 0 aliphatic carbocycles. The molecule has 1 aliphatic rings. The molecule has 1 atom stereocenters. The molecule has 1 aromatic heterocycles. The average Bonchev–Trinajstić information content (AvgIpc) is 3.36. The molecule has 0 radical (unpaired) electrons. The van der Waals surface area contributed by atoms with Gasteiger partial charge in [-0.1, -0.05) is 52.8 Å². The summed E-state index contributed by atoms with van der Waals surface area (Å²) in [4.78, 5) is 32.1. The highest BCUT2D eigenvalue weighted by Gasteiger charge is 2.48. The van der Waals surface area contributed by atoms with E-state index in [0.29, 0.717) is 15.3 Å². The van der Waals surface area contributed by atoms with Crippen LogP contribution < -0.4 is 9.64 Å². The minimum atomic E-state index is -1.08. The zero-order chi connectivity index (χ0) is 25.7. The van der Waals surface area contributed by atoms with Crippen molar-refractivity contribution >= 4 is 55.7 Å². The van der Waals surface area contributed by atoms with Gasteiger partial charge < -0.3 is 9.84 Å². The maximum Gasteiger partial charge on any atom is 0.301 e. The van der Waals surface area contributed by atoms with Gasteiger partial charge in [-0.2, -0.15) is 0 Å². The van der Waals surface area contributed by atoms with Crippen LogP contribution in [-0.4, -0.2) is 28.9 Å². The number of aliphatic hydroxyl groups is 1. The molecule has 1 unspecified atom stereocenters. The first-order chi connectivity index (χ1) is 17.2. The second kappa shape index (κ2) is 9.00. The Hall–Kier alpha value is -3.82. The van der Waals surface area contributed by atoms with Gasteiger partial charge in [0, 0.05) is 11.6 Å². The minimum Gasteiger partial charge on any atom is -0.507 e. The first-order valence-electron chi connectivity index (χ1n) is 10.7. The van der Waals surface area contributed by atoms with Crippen molar-refractivity contribution in [3.8, 4) is 5.75 Å². The number of Topliss-reactive ketones (excluding diaryl/α,β-unsaturated/α-hetero) is 1. The molecule has 1 amide bonds. The van der Waals surface area contributed by atoms with Crippen LogP contribution in [0.15, 0.2) is 60.2 Å². The molecule has 1 saturated heterocycles. The number of ether oxygens (including phenoxy) is 1. The molecule has 10 heteroatoms. The Morgan fingerprint density at radius 3 is 2.58 bits per heavy atom. The number of rotatable bonds is 4. The fourth-order valence-corrected chi connectivity index (χ4v) is 5.36. The van der Waals surface area contributed by atoms with Crippen LogP contribution in [0.2, 0.25) is 5.02 Å². The maximum atomic E-state index is 13.8. The summed E-state index contributed by atoms with van der Waals surface area (Å²) >= 11 is 7.04. The lowest BCUT2D eigenvalue weighted by Gasteiger charge is -2.23. The topological polar surface area (TPSA) is 79.7 Å². The molecule has 3 aromatic carbocycles. The van der Waals surface area contributed by atoms with E-state index in [9.17, 15) is 23.5 Å². The van der Waals surface area contributed by atoms with Gasteiger partial charge in [-0.05, 0) is 36.8 Å². The van der Waals surface area contributed by atoms with Crippen molar-refractivity contribution in [2.45, 2.75) is 13.0 Å². The van der Waals surface area contributed by atoms with Gasteiger partial charge >= 0.3 is 5.91 Å². The van der Waals surface area contributed by atoms with E-state index in [1.165, 1.54) is 25.3 Å². The van der Waals surface area contributed by atoms with E-state index in [4.69, 9.17) is 16.3 Å². The number of hydrogen-bond acceptors (Lipinski definition) is 6. The summed E-state index contributed by atoms with van der Waals surface area (Å²) in [6, 6.07) is 12.5. The molecular weight excluding hydrogens is 510 g/mol. The van der Waals surface area contributed by atoms with Gasteiger partial charge in [-0.25, -0.2) is 13.8 Å². The van der Waals surface area contributed by atoms with E-state index in [2.05, 4.69) is 4.98 Å². The van der Waals surface area contributed by atoms with E-state index in [-0.39, 0.29) is 27.5 Å². The van der Waals surface area contributed by atoms with Gasteiger partial charge in [0.15, 0.2) is 16.8 Å². The molecule has 0 saturated carbocycles. The lowest BCUT2D eigenvalue weighted by atomic mass is 9.94. The average molecular weight is 527 g/mol. The van der Waals surface area contributed by atoms with E-state index in [1.54, 1.807) is 18.2 Å². The number of benzene rings is 3. The van der Waals surface area contributed by atoms with Crippen molar-refractivity contribution < 1.29 is 28.2 Å². The number of aliphatic hydroxyl groups excluding tert-OH is 1. The molecule has 0 spiro atoms. The van der Waals surface area contributed by atoms with Crippen molar-refractivity contribution in [2.24, 2.45) is 0 Å². The van der Waals surface area contributed by atoms with Crippen LogP contribution in [0.5, 0.6) is 5.75 Å². The van der Waals surface area contributed by atoms with Crippen LogP contribution in [0, 0.1) is 18.6 Å². The second-order valence-corrected chi connectivity index (χ2v) is 9.58. The largest absolute Gasteiger partial charge is 0.507 e. The number of methoxy groups -OCH3 is 1. The van der Waals surface area contributed by atoms with Crippen LogP contribution >= 0.6 is 22.9 Å². The summed E-state index contributed by atoms with van der Waals surface area (Å²) < 4.78 is 33.1. The summed E-state index contributed by atoms with van der Waals surface area (Å²) in [5, 5.41) is 11.6. The number of carbonyl (C=O) groups excluding carboxylic acids is 2. The third-order valence-electron chi connectivity index (χ3n) is 5.85. The normalized spacial score (nSPS) is 17.2. The second-order valence-electron chi connectivity index (χ2n) is 8.16. The highest BCUT2D eigenvalue weighted by molar-refractivity contribution is 7.22. The quantitative estimate of drug-likeness (QED) is 0.195. The Morgan fingerprint density at radius 1 is 1.11 bits per heavy atom. The number of nitrogens with zero attached hydrogens (tertiary/aromatic N) is 2. The number of amides is 1. The van der Waals surface area contributed by atoms with Crippen LogP contribution in [0.25, 0.3) is 16.0 Å². The zero-order valence-corrected chi connectivity index (χ0v) is 20.5. The molecule has 4 aromatic rings. The molecular formula is C26H17ClF2N2O4S. The zero-order valence-electron chi connectivity index (χ0n) is 18.9. The standard InChI is InChI=1S/C26H17ClF2N2O4S/c1-12-4-3-5-13(8-12)22-21(23(32)14-6-7-15(27)19(9-14)35-2)24(33)25(34)31(22)26-30-18-10-16(28)17(29)11-20(18)36-26/h3-11,22,32H,1-2H3/b23-21+. The van der Waals surface area contributed by atoms with Gasteiger partial charge in [0.1, 0.15) is 11.5 Å². The minimum absolute atomic E-state index is 0.0661. The number of anilines is 1. The van der Waals surface area contributed by atoms with Crippen LogP contribution in [-0.2, 0) is 9.59 Å². The molecule has 0 bridgehead atoms. The van der Waals surface area contributed by atoms with E-state index in [1.807, 2.05) is 13.0 Å². The first-order valence-corrected chi connectivity index (χ1v) is 11.9. The van der Waals surface area contributed by atoms with Crippen molar-refractivity contribution in [3.05, 3.63) is 93.5 Å². The van der Waals surface area contributed by atoms with Crippen molar-refractivity contribution in [2.75, 3.05) is 12.0 Å². The molecule has 36 heavy (non-hydrogen) atoms. The van der Waals surface area contributed by atoms with Gasteiger partial charge in [0.2, 0.25) is 0 Å². The number of thiazole rings is 1. The number of aromatic nitrogens is 1. The summed E-state index contributed by atoms with van der Waals surface area (Å²) in [7, 11) is 1.41. The molecule has 1 N–H and O–H groups in total. The molecule has 5 rings (SSSR count). The van der Waals surface area contributed by atoms with Gasteiger partial charge in [-0.3, -0.25) is 14.5 Å². The summed E-state index contributed by atoms with van der Waals surface area (Å²) in [6.45, 7) is 1.85. The van der Waals surface area contributed by atoms with E-state index in [0.717, 1.165) is 33.9 Å². The molecule has 1 aliphatic heterocycles. The lowest BCUT2D eigenvalue weighted by molar-refractivity contribution is -0.132. The van der Waals surface area contributed by atoms with Gasteiger partial charge in [0.05, 0.1) is 34.0 Å². The number of aryl methyl sites for hydroxylation is 1. The smallest absolute Gasteiger partial charge is 0.301 e. The highest BCUT2D eigenvalue weighted by Crippen LogP contribution is 2.45. The Kier molecular flexibility index (Phi) is 5.97. The van der Waals surface area contributed by atoms with Gasteiger partial charge in [-0.15, -0.1) is 0 Å². The van der Waals surface area contributed by atoms with Crippen molar-refractivity contribution in [1.29, 1.82) is 0 Å². The van der Waals surface area contributed by atoms with E-state index < -0.39 is 35.1 Å². The molecule has 182 valence electrons. The Balaban J connectivity index is 1.74. The monoisotopic (exact) mass is 526 g/mol. The van der Waals surface area contributed by atoms with Gasteiger partial charge in [0.25, 0.3) is 5.78 Å². The number of ketones is 1. The third-order valence-corrected chi connectivity index (χ3v) is 7.18. The molecule has 6 nitrogen and oxygen atoms in total. The molecule has 2 heterocycles. The van der Waals surface area contributed by atoms with Crippen LogP contribution in [0.4, 0.5) is 13.9 Å². The van der Waals surface area contributed by atoms with Crippen molar-refractivity contribution in [3.63, 3.8) is 0 Å². The Bertz CT molecular complexity index is 1560. The Labute approximate surface area is 213 Å². The first kappa shape index (κ1) is 23.9. The number of fused-ring (bicyclic) bond motifs is 1. The van der Waals surface area contributed by atoms with Crippen LogP contribution in [0.3, 0.4) is 0 Å². The Morgan fingerprint density at radius 2 is 1.86 bits per heavy atom. The fraction of sp³-hybridized carbons (Fsp3) is 0.115.